The van der Waals surface area contributed by atoms with Crippen LogP contribution in [0.3, 0.4) is 0 Å². The van der Waals surface area contributed by atoms with Gasteiger partial charge in [0, 0.05) is 56.3 Å². The van der Waals surface area contributed by atoms with Gasteiger partial charge in [0.15, 0.2) is 5.65 Å². The third-order valence-electron chi connectivity index (χ3n) is 9.31. The van der Waals surface area contributed by atoms with E-state index in [0.717, 1.165) is 62.2 Å². The fraction of sp³-hybridized carbons (Fsp3) is 0.552. The van der Waals surface area contributed by atoms with Crippen LogP contribution in [-0.4, -0.2) is 78.3 Å². The van der Waals surface area contributed by atoms with Gasteiger partial charge in [0.1, 0.15) is 17.5 Å². The Morgan fingerprint density at radius 2 is 1.93 bits per heavy atom. The number of nitrogens with one attached hydrogen (secondary N) is 1. The highest BCUT2D eigenvalue weighted by atomic mass is 32.2. The normalized spacial score (nSPS) is 23.9. The van der Waals surface area contributed by atoms with Crippen LogP contribution in [0.4, 0.5) is 21.7 Å². The van der Waals surface area contributed by atoms with Gasteiger partial charge in [-0.15, -0.1) is 0 Å². The number of hydrogen-bond acceptors (Lipinski definition) is 8. The maximum atomic E-state index is 14.4. The number of nitrogens with two attached hydrogens (primary N) is 1. The molecule has 13 heteroatoms. The first-order chi connectivity index (χ1) is 20.1. The molecule has 4 aliphatic rings. The summed E-state index contributed by atoms with van der Waals surface area (Å²) in [6.07, 6.45) is 4.83. The first-order valence-electron chi connectivity index (χ1n) is 14.9. The molecule has 1 aliphatic carbocycles. The molecule has 11 nitrogen and oxygen atoms in total. The van der Waals surface area contributed by atoms with Crippen molar-refractivity contribution in [2.45, 2.75) is 57.5 Å². The highest BCUT2D eigenvalue weighted by molar-refractivity contribution is 7.92. The third-order valence-corrected chi connectivity index (χ3v) is 10.7. The number of benzene rings is 1. The standard InChI is InChI=1S/C29H37FN8O3S/c1-2-35-9-5-11-42(40,41)34-22-8-7-19(30)12-21(22)28(39)37-10-4-3-6-24(37)23-13-26-32-25(14-27(35)38(26)33-23)36-17-29(18-36)15-20(31)16-29/h7-8,12-14,20,24,34H,2-6,9-11,15-18,31H2,1H3. The molecule has 1 atom stereocenters. The minimum atomic E-state index is -3.80. The van der Waals surface area contributed by atoms with Gasteiger partial charge in [0.25, 0.3) is 5.91 Å². The number of sulfonamides is 1. The van der Waals surface area contributed by atoms with E-state index < -0.39 is 21.7 Å². The second kappa shape index (κ2) is 10.1. The molecule has 1 spiro atoms. The number of anilines is 3. The van der Waals surface area contributed by atoms with Crippen molar-refractivity contribution in [1.82, 2.24) is 19.5 Å². The molecule has 1 aromatic carbocycles. The lowest BCUT2D eigenvalue weighted by Gasteiger charge is -2.58. The summed E-state index contributed by atoms with van der Waals surface area (Å²) in [7, 11) is -3.80. The van der Waals surface area contributed by atoms with Gasteiger partial charge in [-0.25, -0.2) is 17.8 Å². The molecule has 3 N–H and O–H groups in total. The van der Waals surface area contributed by atoms with E-state index in [1.165, 1.54) is 12.1 Å². The highest BCUT2D eigenvalue weighted by Gasteiger charge is 2.51. The fourth-order valence-electron chi connectivity index (χ4n) is 7.27. The molecule has 2 aromatic heterocycles. The lowest BCUT2D eigenvalue weighted by molar-refractivity contribution is 0.0606. The molecule has 2 saturated heterocycles. The van der Waals surface area contributed by atoms with Crippen LogP contribution in [0.25, 0.3) is 5.65 Å². The minimum absolute atomic E-state index is 0.00261. The first kappa shape index (κ1) is 27.4. The van der Waals surface area contributed by atoms with E-state index in [9.17, 15) is 17.6 Å². The van der Waals surface area contributed by atoms with Crippen LogP contribution >= 0.6 is 0 Å². The summed E-state index contributed by atoms with van der Waals surface area (Å²) >= 11 is 0. The van der Waals surface area contributed by atoms with E-state index in [2.05, 4.69) is 14.5 Å². The molecular weight excluding hydrogens is 559 g/mol. The molecule has 224 valence electrons. The predicted octanol–water partition coefficient (Wildman–Crippen LogP) is 3.14. The Labute approximate surface area is 244 Å². The van der Waals surface area contributed by atoms with Gasteiger partial charge in [0.05, 0.1) is 28.7 Å². The molecule has 7 rings (SSSR count). The van der Waals surface area contributed by atoms with Crippen LogP contribution in [0, 0.1) is 11.2 Å². The van der Waals surface area contributed by atoms with E-state index in [1.807, 2.05) is 23.6 Å². The number of nitrogens with zero attached hydrogens (tertiary/aromatic N) is 6. The summed E-state index contributed by atoms with van der Waals surface area (Å²) in [6.45, 7) is 5.47. The summed E-state index contributed by atoms with van der Waals surface area (Å²) in [6, 6.07) is 7.57. The lowest BCUT2D eigenvalue weighted by atomic mass is 9.61. The molecule has 2 bridgehead atoms. The van der Waals surface area contributed by atoms with E-state index in [4.69, 9.17) is 15.8 Å². The third kappa shape index (κ3) is 4.76. The van der Waals surface area contributed by atoms with Crippen LogP contribution in [0.2, 0.25) is 0 Å². The van der Waals surface area contributed by atoms with E-state index in [-0.39, 0.29) is 34.5 Å². The topological polar surface area (TPSA) is 129 Å². The molecule has 0 radical (unpaired) electrons. The predicted molar refractivity (Wildman–Crippen MR) is 159 cm³/mol. The number of piperidine rings is 1. The Balaban J connectivity index is 1.33. The zero-order valence-corrected chi connectivity index (χ0v) is 24.6. The second-order valence-electron chi connectivity index (χ2n) is 12.4. The lowest BCUT2D eigenvalue weighted by Crippen LogP contribution is -2.65. The van der Waals surface area contributed by atoms with Gasteiger partial charge in [-0.2, -0.15) is 9.61 Å². The smallest absolute Gasteiger partial charge is 0.256 e. The number of aromatic nitrogens is 3. The fourth-order valence-corrected chi connectivity index (χ4v) is 8.39. The summed E-state index contributed by atoms with van der Waals surface area (Å²) in [5.41, 5.74) is 7.89. The molecule has 5 heterocycles. The van der Waals surface area contributed by atoms with Gasteiger partial charge in [-0.05, 0) is 63.6 Å². The van der Waals surface area contributed by atoms with Gasteiger partial charge in [-0.1, -0.05) is 0 Å². The van der Waals surface area contributed by atoms with Gasteiger partial charge < -0.3 is 20.4 Å². The van der Waals surface area contributed by atoms with Crippen molar-refractivity contribution >= 4 is 38.9 Å². The first-order valence-corrected chi connectivity index (χ1v) is 16.6. The number of hydrogen-bond donors (Lipinski definition) is 2. The summed E-state index contributed by atoms with van der Waals surface area (Å²) < 4.78 is 45.1. The van der Waals surface area contributed by atoms with Crippen LogP contribution < -0.4 is 20.3 Å². The van der Waals surface area contributed by atoms with Crippen LogP contribution in [-0.2, 0) is 10.0 Å². The summed E-state index contributed by atoms with van der Waals surface area (Å²) in [5.74, 6) is 0.537. The molecule has 1 amide bonds. The van der Waals surface area contributed by atoms with Gasteiger partial charge >= 0.3 is 0 Å². The van der Waals surface area contributed by atoms with Crippen molar-refractivity contribution in [2.75, 3.05) is 53.0 Å². The summed E-state index contributed by atoms with van der Waals surface area (Å²) in [4.78, 5) is 25.1. The number of rotatable bonds is 2. The maximum Gasteiger partial charge on any atom is 0.256 e. The monoisotopic (exact) mass is 596 g/mol. The van der Waals surface area contributed by atoms with Crippen molar-refractivity contribution in [2.24, 2.45) is 11.1 Å². The Kier molecular flexibility index (Phi) is 6.57. The van der Waals surface area contributed by atoms with E-state index in [0.29, 0.717) is 38.1 Å². The SMILES string of the molecule is CCN1CCCS(=O)(=O)Nc2ccc(F)cc2C(=O)N2CCCCC2c2cc3nc(N4CC5(CC(N)C5)C4)cc1n3n2. The number of amides is 1. The number of carbonyl (C=O) groups excluding carboxylic acids is 1. The van der Waals surface area contributed by atoms with E-state index in [1.54, 1.807) is 4.90 Å². The Morgan fingerprint density at radius 1 is 1.12 bits per heavy atom. The van der Waals surface area contributed by atoms with Gasteiger partial charge in [0.2, 0.25) is 10.0 Å². The zero-order valence-electron chi connectivity index (χ0n) is 23.8. The summed E-state index contributed by atoms with van der Waals surface area (Å²) in [5, 5.41) is 5.01. The quantitative estimate of drug-likeness (QED) is 0.462. The van der Waals surface area contributed by atoms with Crippen molar-refractivity contribution < 1.29 is 17.6 Å². The molecular formula is C29H37FN8O3S. The molecule has 3 fully saturated rings. The van der Waals surface area contributed by atoms with Crippen molar-refractivity contribution in [3.05, 3.63) is 47.4 Å². The van der Waals surface area contributed by atoms with Crippen LogP contribution in [0.1, 0.15) is 67.5 Å². The Morgan fingerprint density at radius 3 is 2.69 bits per heavy atom. The Hall–Kier alpha value is -3.45. The van der Waals surface area contributed by atoms with Crippen molar-refractivity contribution in [1.29, 1.82) is 0 Å². The van der Waals surface area contributed by atoms with Crippen LogP contribution in [0.5, 0.6) is 0 Å². The molecule has 42 heavy (non-hydrogen) atoms. The van der Waals surface area contributed by atoms with Crippen LogP contribution in [0.15, 0.2) is 30.3 Å². The van der Waals surface area contributed by atoms with E-state index >= 15 is 0 Å². The largest absolute Gasteiger partial charge is 0.357 e. The second-order valence-corrected chi connectivity index (χ2v) is 14.2. The number of halogens is 1. The van der Waals surface area contributed by atoms with Crippen molar-refractivity contribution in [3.63, 3.8) is 0 Å². The maximum absolute atomic E-state index is 14.4. The number of carbonyl (C=O) groups is 1. The highest BCUT2D eigenvalue weighted by Crippen LogP contribution is 2.49. The molecule has 1 unspecified atom stereocenters. The Bertz CT molecular complexity index is 1650. The minimum Gasteiger partial charge on any atom is -0.357 e. The molecule has 3 aliphatic heterocycles. The molecule has 3 aromatic rings. The molecule has 1 saturated carbocycles. The van der Waals surface area contributed by atoms with Crippen molar-refractivity contribution in [3.8, 4) is 0 Å². The average Bonchev–Trinajstić information content (AvgIpc) is 3.36. The average molecular weight is 597 g/mol. The number of fused-ring (bicyclic) bond motifs is 4. The van der Waals surface area contributed by atoms with Gasteiger partial charge in [-0.3, -0.25) is 9.52 Å². The zero-order chi connectivity index (χ0) is 29.2.